The van der Waals surface area contributed by atoms with Crippen molar-refractivity contribution in [3.05, 3.63) is 93.6 Å². The fourth-order valence-corrected chi connectivity index (χ4v) is 3.94. The van der Waals surface area contributed by atoms with E-state index in [4.69, 9.17) is 16.3 Å². The SMILES string of the molecule is COc1ccc(N2C(=O)C(Nc3cccc(C)c3C)=C(c3ccc(C)cc3)C2=O)cc1Cl. The summed E-state index contributed by atoms with van der Waals surface area (Å²) >= 11 is 6.28. The molecule has 0 aromatic heterocycles. The van der Waals surface area contributed by atoms with Crippen LogP contribution in [-0.2, 0) is 9.59 Å². The van der Waals surface area contributed by atoms with Gasteiger partial charge in [0.2, 0.25) is 0 Å². The second kappa shape index (κ2) is 8.52. The molecule has 0 atom stereocenters. The van der Waals surface area contributed by atoms with Crippen molar-refractivity contribution in [2.24, 2.45) is 0 Å². The molecule has 3 aromatic rings. The van der Waals surface area contributed by atoms with Crippen molar-refractivity contribution < 1.29 is 14.3 Å². The maximum Gasteiger partial charge on any atom is 0.282 e. The maximum absolute atomic E-state index is 13.6. The summed E-state index contributed by atoms with van der Waals surface area (Å²) in [5.41, 5.74) is 5.55. The summed E-state index contributed by atoms with van der Waals surface area (Å²) in [7, 11) is 1.51. The molecule has 0 saturated heterocycles. The number of methoxy groups -OCH3 is 1. The Balaban J connectivity index is 1.84. The van der Waals surface area contributed by atoms with E-state index in [9.17, 15) is 9.59 Å². The van der Waals surface area contributed by atoms with Crippen molar-refractivity contribution in [1.29, 1.82) is 0 Å². The van der Waals surface area contributed by atoms with Crippen LogP contribution < -0.4 is 15.0 Å². The molecule has 1 aliphatic heterocycles. The summed E-state index contributed by atoms with van der Waals surface area (Å²) in [6, 6.07) is 18.2. The van der Waals surface area contributed by atoms with Crippen LogP contribution in [0.2, 0.25) is 5.02 Å². The van der Waals surface area contributed by atoms with Gasteiger partial charge < -0.3 is 10.1 Å². The van der Waals surface area contributed by atoms with Crippen LogP contribution in [-0.4, -0.2) is 18.9 Å². The number of ether oxygens (including phenoxy) is 1. The highest BCUT2D eigenvalue weighted by molar-refractivity contribution is 6.46. The predicted molar refractivity (Wildman–Crippen MR) is 128 cm³/mol. The smallest absolute Gasteiger partial charge is 0.282 e. The van der Waals surface area contributed by atoms with Gasteiger partial charge in [0.1, 0.15) is 11.4 Å². The summed E-state index contributed by atoms with van der Waals surface area (Å²) in [6.07, 6.45) is 0. The number of amides is 2. The van der Waals surface area contributed by atoms with Crippen molar-refractivity contribution in [1.82, 2.24) is 0 Å². The minimum absolute atomic E-state index is 0.236. The van der Waals surface area contributed by atoms with E-state index in [2.05, 4.69) is 5.32 Å². The average molecular weight is 447 g/mol. The standard InChI is InChI=1S/C26H23ClN2O3/c1-15-8-10-18(11-9-15)23-24(28-21-7-5-6-16(2)17(21)3)26(31)29(25(23)30)19-12-13-22(32-4)20(27)14-19/h5-14,28H,1-4H3. The normalized spacial score (nSPS) is 13.7. The first kappa shape index (κ1) is 21.7. The van der Waals surface area contributed by atoms with Gasteiger partial charge in [-0.1, -0.05) is 53.6 Å². The van der Waals surface area contributed by atoms with Crippen molar-refractivity contribution in [3.8, 4) is 5.75 Å². The number of aryl methyl sites for hydroxylation is 2. The van der Waals surface area contributed by atoms with E-state index in [0.29, 0.717) is 27.6 Å². The first-order valence-corrected chi connectivity index (χ1v) is 10.6. The third-order valence-corrected chi connectivity index (χ3v) is 5.98. The summed E-state index contributed by atoms with van der Waals surface area (Å²) in [4.78, 5) is 28.2. The zero-order valence-corrected chi connectivity index (χ0v) is 19.1. The number of carbonyl (C=O) groups excluding carboxylic acids is 2. The highest BCUT2D eigenvalue weighted by Crippen LogP contribution is 2.37. The molecule has 0 fully saturated rings. The summed E-state index contributed by atoms with van der Waals surface area (Å²) in [6.45, 7) is 5.95. The van der Waals surface area contributed by atoms with Gasteiger partial charge in [0.15, 0.2) is 0 Å². The van der Waals surface area contributed by atoms with E-state index < -0.39 is 11.8 Å². The van der Waals surface area contributed by atoms with Crippen LogP contribution in [0.25, 0.3) is 5.57 Å². The summed E-state index contributed by atoms with van der Waals surface area (Å²) < 4.78 is 5.20. The van der Waals surface area contributed by atoms with Crippen LogP contribution in [0.1, 0.15) is 22.3 Å². The lowest BCUT2D eigenvalue weighted by Gasteiger charge is -2.17. The van der Waals surface area contributed by atoms with E-state index in [1.807, 2.05) is 63.2 Å². The number of hydrogen-bond acceptors (Lipinski definition) is 4. The number of carbonyl (C=O) groups is 2. The highest BCUT2D eigenvalue weighted by Gasteiger charge is 2.40. The molecule has 6 heteroatoms. The second-order valence-corrected chi connectivity index (χ2v) is 8.16. The average Bonchev–Trinajstić information content (AvgIpc) is 3.01. The van der Waals surface area contributed by atoms with Crippen LogP contribution in [0.5, 0.6) is 5.75 Å². The molecule has 2 amide bonds. The first-order valence-electron chi connectivity index (χ1n) is 10.2. The van der Waals surface area contributed by atoms with Crippen LogP contribution in [0.15, 0.2) is 66.4 Å². The van der Waals surface area contributed by atoms with E-state index in [0.717, 1.165) is 27.3 Å². The maximum atomic E-state index is 13.6. The molecule has 4 rings (SSSR count). The van der Waals surface area contributed by atoms with Crippen LogP contribution in [0.4, 0.5) is 11.4 Å². The number of anilines is 2. The number of imide groups is 1. The van der Waals surface area contributed by atoms with Gasteiger partial charge in [-0.3, -0.25) is 9.59 Å². The molecular formula is C26H23ClN2O3. The Kier molecular flexibility index (Phi) is 5.76. The number of halogens is 1. The van der Waals surface area contributed by atoms with Gasteiger partial charge >= 0.3 is 0 Å². The molecule has 0 unspecified atom stereocenters. The van der Waals surface area contributed by atoms with Gasteiger partial charge in [-0.05, 0) is 61.7 Å². The van der Waals surface area contributed by atoms with Crippen molar-refractivity contribution in [3.63, 3.8) is 0 Å². The van der Waals surface area contributed by atoms with Crippen molar-refractivity contribution in [2.45, 2.75) is 20.8 Å². The lowest BCUT2D eigenvalue weighted by atomic mass is 10.0. The molecule has 32 heavy (non-hydrogen) atoms. The summed E-state index contributed by atoms with van der Waals surface area (Å²) in [5.74, 6) is -0.379. The molecule has 5 nitrogen and oxygen atoms in total. The topological polar surface area (TPSA) is 58.6 Å². The highest BCUT2D eigenvalue weighted by atomic mass is 35.5. The lowest BCUT2D eigenvalue weighted by Crippen LogP contribution is -2.32. The van der Waals surface area contributed by atoms with E-state index in [1.54, 1.807) is 18.2 Å². The number of nitrogens with one attached hydrogen (secondary N) is 1. The van der Waals surface area contributed by atoms with Gasteiger partial charge in [0.25, 0.3) is 11.8 Å². The van der Waals surface area contributed by atoms with Crippen molar-refractivity contribution >= 4 is 40.4 Å². The quantitative estimate of drug-likeness (QED) is 0.513. The molecular weight excluding hydrogens is 424 g/mol. The van der Waals surface area contributed by atoms with Crippen LogP contribution in [0, 0.1) is 20.8 Å². The monoisotopic (exact) mass is 446 g/mol. The summed E-state index contributed by atoms with van der Waals surface area (Å²) in [5, 5.41) is 3.56. The van der Waals surface area contributed by atoms with E-state index >= 15 is 0 Å². The lowest BCUT2D eigenvalue weighted by molar-refractivity contribution is -0.120. The van der Waals surface area contributed by atoms with Gasteiger partial charge in [0, 0.05) is 5.69 Å². The molecule has 0 bridgehead atoms. The Morgan fingerprint density at radius 3 is 2.28 bits per heavy atom. The molecule has 0 saturated carbocycles. The predicted octanol–water partition coefficient (Wildman–Crippen LogP) is 5.67. The zero-order valence-electron chi connectivity index (χ0n) is 18.3. The fraction of sp³-hybridized carbons (Fsp3) is 0.154. The molecule has 0 radical (unpaired) electrons. The largest absolute Gasteiger partial charge is 0.495 e. The fourth-order valence-electron chi connectivity index (χ4n) is 3.68. The Bertz CT molecular complexity index is 1260. The van der Waals surface area contributed by atoms with Crippen LogP contribution >= 0.6 is 11.6 Å². The zero-order chi connectivity index (χ0) is 23.0. The van der Waals surface area contributed by atoms with E-state index in [1.165, 1.54) is 7.11 Å². The molecule has 1 N–H and O–H groups in total. The third kappa shape index (κ3) is 3.76. The Labute approximate surface area is 192 Å². The molecule has 0 spiro atoms. The van der Waals surface area contributed by atoms with Gasteiger partial charge in [-0.25, -0.2) is 4.90 Å². The molecule has 162 valence electrons. The molecule has 0 aliphatic carbocycles. The minimum atomic E-state index is -0.437. The second-order valence-electron chi connectivity index (χ2n) is 7.75. The van der Waals surface area contributed by atoms with Crippen LogP contribution in [0.3, 0.4) is 0 Å². The molecule has 3 aromatic carbocycles. The Hall–Kier alpha value is -3.57. The van der Waals surface area contributed by atoms with E-state index in [-0.39, 0.29) is 5.70 Å². The Morgan fingerprint density at radius 1 is 0.906 bits per heavy atom. The van der Waals surface area contributed by atoms with Crippen molar-refractivity contribution in [2.75, 3.05) is 17.3 Å². The number of hydrogen-bond donors (Lipinski definition) is 1. The van der Waals surface area contributed by atoms with Gasteiger partial charge in [-0.2, -0.15) is 0 Å². The third-order valence-electron chi connectivity index (χ3n) is 5.68. The Morgan fingerprint density at radius 2 is 1.62 bits per heavy atom. The molecule has 1 heterocycles. The number of benzene rings is 3. The first-order chi connectivity index (χ1) is 15.3. The van der Waals surface area contributed by atoms with Gasteiger partial charge in [-0.15, -0.1) is 0 Å². The minimum Gasteiger partial charge on any atom is -0.495 e. The number of rotatable bonds is 5. The number of nitrogens with zero attached hydrogens (tertiary/aromatic N) is 1. The molecule has 1 aliphatic rings. The van der Waals surface area contributed by atoms with Gasteiger partial charge in [0.05, 0.1) is 23.4 Å².